The lowest BCUT2D eigenvalue weighted by Crippen LogP contribution is -2.43. The number of nitrogens with zero attached hydrogens (tertiary/aromatic N) is 2. The first-order chi connectivity index (χ1) is 12.6. The van der Waals surface area contributed by atoms with Crippen molar-refractivity contribution in [2.24, 2.45) is 11.8 Å². The molecule has 0 aliphatic carbocycles. The molecule has 3 rings (SSSR count). The molecule has 5 nitrogen and oxygen atoms in total. The predicted octanol–water partition coefficient (Wildman–Crippen LogP) is 1.89. The monoisotopic (exact) mass is 359 g/mol. The molecule has 0 aromatic heterocycles. The van der Waals surface area contributed by atoms with Crippen molar-refractivity contribution in [3.8, 4) is 0 Å². The molecule has 0 spiro atoms. The van der Waals surface area contributed by atoms with Crippen LogP contribution in [0.2, 0.25) is 0 Å². The van der Waals surface area contributed by atoms with Gasteiger partial charge in [-0.1, -0.05) is 30.3 Å². The highest BCUT2D eigenvalue weighted by Crippen LogP contribution is 2.22. The molecule has 2 fully saturated rings. The molecule has 5 heteroatoms. The summed E-state index contributed by atoms with van der Waals surface area (Å²) in [7, 11) is 1.97. The van der Waals surface area contributed by atoms with Crippen molar-refractivity contribution in [1.29, 1.82) is 0 Å². The molecule has 2 saturated heterocycles. The fourth-order valence-electron chi connectivity index (χ4n) is 4.23. The third kappa shape index (κ3) is 5.29. The SMILES string of the molecule is CN(CC1CCN(CC(O)c2ccccc2)CC1)C(=O)C1CCNCC1. The molecule has 2 aliphatic heterocycles. The van der Waals surface area contributed by atoms with E-state index in [2.05, 4.69) is 10.2 Å². The van der Waals surface area contributed by atoms with Crippen LogP contribution >= 0.6 is 0 Å². The number of likely N-dealkylation sites (tertiary alicyclic amines) is 1. The van der Waals surface area contributed by atoms with Gasteiger partial charge in [-0.05, 0) is 63.3 Å². The van der Waals surface area contributed by atoms with E-state index in [0.29, 0.717) is 18.4 Å². The Labute approximate surface area is 157 Å². The summed E-state index contributed by atoms with van der Waals surface area (Å²) in [6.07, 6.45) is 3.73. The lowest BCUT2D eigenvalue weighted by molar-refractivity contribution is -0.135. The summed E-state index contributed by atoms with van der Waals surface area (Å²) in [4.78, 5) is 16.9. The Morgan fingerprint density at radius 2 is 1.85 bits per heavy atom. The van der Waals surface area contributed by atoms with Gasteiger partial charge in [-0.3, -0.25) is 4.79 Å². The van der Waals surface area contributed by atoms with Crippen molar-refractivity contribution < 1.29 is 9.90 Å². The molecule has 2 aliphatic rings. The van der Waals surface area contributed by atoms with Crippen LogP contribution in [0.25, 0.3) is 0 Å². The molecule has 0 saturated carbocycles. The van der Waals surface area contributed by atoms with Gasteiger partial charge >= 0.3 is 0 Å². The summed E-state index contributed by atoms with van der Waals surface area (Å²) < 4.78 is 0. The number of piperidine rings is 2. The van der Waals surface area contributed by atoms with Crippen LogP contribution in [0.3, 0.4) is 0 Å². The van der Waals surface area contributed by atoms with Gasteiger partial charge in [0.25, 0.3) is 0 Å². The Morgan fingerprint density at radius 1 is 1.19 bits per heavy atom. The lowest BCUT2D eigenvalue weighted by atomic mass is 9.93. The number of carbonyl (C=O) groups excluding carboxylic acids is 1. The second-order valence-electron chi connectivity index (χ2n) is 7.91. The van der Waals surface area contributed by atoms with E-state index in [0.717, 1.165) is 64.0 Å². The zero-order valence-electron chi connectivity index (χ0n) is 15.9. The first-order valence-corrected chi connectivity index (χ1v) is 10.0. The topological polar surface area (TPSA) is 55.8 Å². The smallest absolute Gasteiger partial charge is 0.225 e. The van der Waals surface area contributed by atoms with Gasteiger partial charge in [0.05, 0.1) is 6.10 Å². The van der Waals surface area contributed by atoms with Crippen LogP contribution in [0.4, 0.5) is 0 Å². The number of aliphatic hydroxyl groups is 1. The van der Waals surface area contributed by atoms with Gasteiger partial charge in [-0.15, -0.1) is 0 Å². The lowest BCUT2D eigenvalue weighted by Gasteiger charge is -2.35. The first kappa shape index (κ1) is 19.3. The summed E-state index contributed by atoms with van der Waals surface area (Å²) in [6, 6.07) is 9.89. The maximum absolute atomic E-state index is 12.6. The number of rotatable bonds is 6. The second-order valence-corrected chi connectivity index (χ2v) is 7.91. The van der Waals surface area contributed by atoms with Crippen molar-refractivity contribution in [3.63, 3.8) is 0 Å². The standard InChI is InChI=1S/C21H33N3O2/c1-23(21(26)19-7-11-22-12-8-19)15-17-9-13-24(14-10-17)16-20(25)18-5-3-2-4-6-18/h2-6,17,19-20,22,25H,7-16H2,1H3. The van der Waals surface area contributed by atoms with Crippen LogP contribution in [-0.4, -0.2) is 67.1 Å². The van der Waals surface area contributed by atoms with Gasteiger partial charge in [0.1, 0.15) is 0 Å². The van der Waals surface area contributed by atoms with Gasteiger partial charge in [0.2, 0.25) is 5.91 Å². The maximum Gasteiger partial charge on any atom is 0.225 e. The molecule has 1 aromatic carbocycles. The molecule has 0 radical (unpaired) electrons. The minimum atomic E-state index is -0.420. The Bertz CT molecular complexity index is 552. The van der Waals surface area contributed by atoms with E-state index in [-0.39, 0.29) is 5.92 Å². The minimum absolute atomic E-state index is 0.211. The molecule has 1 unspecified atom stereocenters. The van der Waals surface area contributed by atoms with E-state index in [1.54, 1.807) is 0 Å². The number of carbonyl (C=O) groups is 1. The summed E-state index contributed by atoms with van der Waals surface area (Å²) in [5.41, 5.74) is 0.988. The van der Waals surface area contributed by atoms with E-state index in [4.69, 9.17) is 0 Å². The summed E-state index contributed by atoms with van der Waals surface area (Å²) in [6.45, 7) is 5.51. The van der Waals surface area contributed by atoms with Gasteiger partial charge in [-0.2, -0.15) is 0 Å². The summed E-state index contributed by atoms with van der Waals surface area (Å²) in [5.74, 6) is 1.12. The van der Waals surface area contributed by atoms with Crippen LogP contribution < -0.4 is 5.32 Å². The molecule has 1 amide bonds. The average molecular weight is 360 g/mol. The predicted molar refractivity (Wildman–Crippen MR) is 104 cm³/mol. The number of aliphatic hydroxyl groups excluding tert-OH is 1. The number of benzene rings is 1. The highest BCUT2D eigenvalue weighted by Gasteiger charge is 2.27. The molecule has 1 atom stereocenters. The van der Waals surface area contributed by atoms with E-state index >= 15 is 0 Å². The quantitative estimate of drug-likeness (QED) is 0.814. The zero-order valence-corrected chi connectivity index (χ0v) is 15.9. The number of nitrogens with one attached hydrogen (secondary N) is 1. The highest BCUT2D eigenvalue weighted by atomic mass is 16.3. The molecular weight excluding hydrogens is 326 g/mol. The molecule has 26 heavy (non-hydrogen) atoms. The molecule has 2 heterocycles. The van der Waals surface area contributed by atoms with Crippen molar-refractivity contribution in [1.82, 2.24) is 15.1 Å². The van der Waals surface area contributed by atoms with Crippen molar-refractivity contribution in [2.45, 2.75) is 31.8 Å². The zero-order chi connectivity index (χ0) is 18.4. The molecule has 1 aromatic rings. The van der Waals surface area contributed by atoms with Crippen molar-refractivity contribution >= 4 is 5.91 Å². The van der Waals surface area contributed by atoms with Crippen LogP contribution in [0.1, 0.15) is 37.4 Å². The van der Waals surface area contributed by atoms with Crippen molar-refractivity contribution in [2.75, 3.05) is 46.3 Å². The molecule has 0 bridgehead atoms. The number of hydrogen-bond acceptors (Lipinski definition) is 4. The Morgan fingerprint density at radius 3 is 2.50 bits per heavy atom. The molecule has 144 valence electrons. The minimum Gasteiger partial charge on any atom is -0.387 e. The first-order valence-electron chi connectivity index (χ1n) is 10.0. The van der Waals surface area contributed by atoms with Crippen LogP contribution in [0, 0.1) is 11.8 Å². The number of hydrogen-bond donors (Lipinski definition) is 2. The average Bonchev–Trinajstić information content (AvgIpc) is 2.70. The number of β-amino-alcohol motifs (C(OH)–C–C–N with tert-alkyl or cyclic N) is 1. The normalized spacial score (nSPS) is 21.5. The van der Waals surface area contributed by atoms with E-state index in [1.165, 1.54) is 0 Å². The van der Waals surface area contributed by atoms with Gasteiger partial charge < -0.3 is 20.2 Å². The van der Waals surface area contributed by atoms with Crippen molar-refractivity contribution in [3.05, 3.63) is 35.9 Å². The van der Waals surface area contributed by atoms with Crippen LogP contribution in [0.15, 0.2) is 30.3 Å². The summed E-state index contributed by atoms with van der Waals surface area (Å²) >= 11 is 0. The van der Waals surface area contributed by atoms with Gasteiger partial charge in [-0.25, -0.2) is 0 Å². The fourth-order valence-corrected chi connectivity index (χ4v) is 4.23. The number of amides is 1. The van der Waals surface area contributed by atoms with Crippen LogP contribution in [-0.2, 0) is 4.79 Å². The van der Waals surface area contributed by atoms with Crippen LogP contribution in [0.5, 0.6) is 0 Å². The Balaban J connectivity index is 1.40. The largest absolute Gasteiger partial charge is 0.387 e. The Hall–Kier alpha value is -1.43. The molecule has 2 N–H and O–H groups in total. The van der Waals surface area contributed by atoms with Gasteiger partial charge in [0, 0.05) is 26.1 Å². The van der Waals surface area contributed by atoms with Gasteiger partial charge in [0.15, 0.2) is 0 Å². The fraction of sp³-hybridized carbons (Fsp3) is 0.667. The Kier molecular flexibility index (Phi) is 7.06. The second kappa shape index (κ2) is 9.49. The van der Waals surface area contributed by atoms with E-state index in [1.807, 2.05) is 42.3 Å². The summed E-state index contributed by atoms with van der Waals surface area (Å²) in [5, 5.41) is 13.7. The van der Waals surface area contributed by atoms with E-state index < -0.39 is 6.10 Å². The third-order valence-corrected chi connectivity index (χ3v) is 5.92. The molecular formula is C21H33N3O2. The third-order valence-electron chi connectivity index (χ3n) is 5.92. The maximum atomic E-state index is 12.6. The van der Waals surface area contributed by atoms with E-state index in [9.17, 15) is 9.90 Å². The highest BCUT2D eigenvalue weighted by molar-refractivity contribution is 5.78.